The van der Waals surface area contributed by atoms with Crippen LogP contribution in [-0.4, -0.2) is 37.1 Å². The van der Waals surface area contributed by atoms with Gasteiger partial charge < -0.3 is 10.6 Å². The topological polar surface area (TPSA) is 27.3 Å². The fraction of sp³-hybridized carbons (Fsp3) is 0.368. The summed E-state index contributed by atoms with van der Waals surface area (Å²) in [6, 6.07) is 12.1. The van der Waals surface area contributed by atoms with Gasteiger partial charge >= 0.3 is 0 Å². The molecule has 0 amide bonds. The molecular formula is C19H22FN3. The van der Waals surface area contributed by atoms with Crippen LogP contribution in [0, 0.1) is 12.7 Å². The van der Waals surface area contributed by atoms with E-state index in [1.165, 1.54) is 11.3 Å². The maximum absolute atomic E-state index is 14.3. The van der Waals surface area contributed by atoms with Gasteiger partial charge in [0.05, 0.1) is 0 Å². The van der Waals surface area contributed by atoms with Crippen LogP contribution in [0.2, 0.25) is 0 Å². The summed E-state index contributed by atoms with van der Waals surface area (Å²) < 4.78 is 14.3. The fourth-order valence-electron chi connectivity index (χ4n) is 3.71. The smallest absolute Gasteiger partial charge is 0.131 e. The van der Waals surface area contributed by atoms with E-state index < -0.39 is 0 Å². The molecule has 4 rings (SSSR count). The summed E-state index contributed by atoms with van der Waals surface area (Å²) in [6.07, 6.45) is 0. The maximum atomic E-state index is 14.3. The Morgan fingerprint density at radius 3 is 2.96 bits per heavy atom. The van der Waals surface area contributed by atoms with Crippen molar-refractivity contribution in [2.45, 2.75) is 19.5 Å². The first-order valence-electron chi connectivity index (χ1n) is 8.29. The van der Waals surface area contributed by atoms with Crippen LogP contribution in [0.5, 0.6) is 0 Å². The normalized spacial score (nSPS) is 21.0. The summed E-state index contributed by atoms with van der Waals surface area (Å²) in [4.78, 5) is 2.52. The van der Waals surface area contributed by atoms with Gasteiger partial charge in [-0.15, -0.1) is 0 Å². The number of halogens is 1. The molecule has 2 heterocycles. The van der Waals surface area contributed by atoms with Gasteiger partial charge in [-0.1, -0.05) is 18.2 Å². The third kappa shape index (κ3) is 2.73. The number of aryl methyl sites for hydroxylation is 1. The lowest BCUT2D eigenvalue weighted by Crippen LogP contribution is -2.52. The van der Waals surface area contributed by atoms with E-state index in [1.807, 2.05) is 19.1 Å². The zero-order valence-electron chi connectivity index (χ0n) is 13.4. The molecule has 3 nitrogen and oxygen atoms in total. The number of fused-ring (bicyclic) bond motifs is 2. The first kappa shape index (κ1) is 14.7. The second kappa shape index (κ2) is 5.95. The monoisotopic (exact) mass is 311 g/mol. The third-order valence-electron chi connectivity index (χ3n) is 4.99. The Balaban J connectivity index is 1.73. The minimum atomic E-state index is -0.147. The van der Waals surface area contributed by atoms with E-state index in [2.05, 4.69) is 27.7 Å². The van der Waals surface area contributed by atoms with Crippen molar-refractivity contribution in [1.82, 2.24) is 10.2 Å². The fourth-order valence-corrected chi connectivity index (χ4v) is 3.71. The molecule has 2 aromatic carbocycles. The molecule has 120 valence electrons. The van der Waals surface area contributed by atoms with Crippen molar-refractivity contribution in [3.05, 3.63) is 53.3 Å². The molecule has 1 fully saturated rings. The summed E-state index contributed by atoms with van der Waals surface area (Å²) in [5.41, 5.74) is 5.10. The second-order valence-electron chi connectivity index (χ2n) is 6.51. The third-order valence-corrected chi connectivity index (χ3v) is 4.99. The van der Waals surface area contributed by atoms with Crippen molar-refractivity contribution < 1.29 is 4.39 Å². The highest BCUT2D eigenvalue weighted by Crippen LogP contribution is 2.32. The standard InChI is InChI=1S/C19H22FN3/c1-13-3-2-4-17(20)19(13)14-5-6-18-15(9-14)12-23-8-7-21-10-16(23)11-22-18/h2-6,9,16,21-22H,7-8,10-12H2,1H3. The lowest BCUT2D eigenvalue weighted by molar-refractivity contribution is 0.165. The molecule has 2 N–H and O–H groups in total. The molecule has 0 saturated carbocycles. The van der Waals surface area contributed by atoms with Crippen LogP contribution in [0.4, 0.5) is 10.1 Å². The highest BCUT2D eigenvalue weighted by atomic mass is 19.1. The molecule has 2 aromatic rings. The highest BCUT2D eigenvalue weighted by Gasteiger charge is 2.26. The van der Waals surface area contributed by atoms with Crippen LogP contribution in [-0.2, 0) is 6.54 Å². The number of benzene rings is 2. The zero-order valence-corrected chi connectivity index (χ0v) is 13.4. The van der Waals surface area contributed by atoms with Gasteiger partial charge in [0.1, 0.15) is 5.82 Å². The maximum Gasteiger partial charge on any atom is 0.131 e. The van der Waals surface area contributed by atoms with Crippen molar-refractivity contribution in [3.63, 3.8) is 0 Å². The molecular weight excluding hydrogens is 289 g/mol. The van der Waals surface area contributed by atoms with Gasteiger partial charge in [-0.05, 0) is 41.8 Å². The molecule has 0 spiro atoms. The van der Waals surface area contributed by atoms with Gasteiger partial charge in [0.25, 0.3) is 0 Å². The van der Waals surface area contributed by atoms with Crippen molar-refractivity contribution in [2.75, 3.05) is 31.5 Å². The molecule has 2 aliphatic rings. The van der Waals surface area contributed by atoms with E-state index >= 15 is 0 Å². The van der Waals surface area contributed by atoms with E-state index in [0.29, 0.717) is 6.04 Å². The minimum Gasteiger partial charge on any atom is -0.383 e. The van der Waals surface area contributed by atoms with Crippen molar-refractivity contribution in [3.8, 4) is 11.1 Å². The van der Waals surface area contributed by atoms with Crippen molar-refractivity contribution in [1.29, 1.82) is 0 Å². The van der Waals surface area contributed by atoms with Gasteiger partial charge in [0.15, 0.2) is 0 Å². The Morgan fingerprint density at radius 1 is 1.17 bits per heavy atom. The molecule has 2 aliphatic heterocycles. The number of nitrogens with zero attached hydrogens (tertiary/aromatic N) is 1. The lowest BCUT2D eigenvalue weighted by Gasteiger charge is -2.34. The summed E-state index contributed by atoms with van der Waals surface area (Å²) in [6.45, 7) is 6.98. The predicted octanol–water partition coefficient (Wildman–Crippen LogP) is 3.00. The summed E-state index contributed by atoms with van der Waals surface area (Å²) in [5, 5.41) is 7.02. The van der Waals surface area contributed by atoms with E-state index in [0.717, 1.165) is 49.4 Å². The van der Waals surface area contributed by atoms with E-state index in [9.17, 15) is 4.39 Å². The number of hydrogen-bond acceptors (Lipinski definition) is 3. The van der Waals surface area contributed by atoms with Crippen molar-refractivity contribution in [2.24, 2.45) is 0 Å². The van der Waals surface area contributed by atoms with Crippen molar-refractivity contribution >= 4 is 5.69 Å². The van der Waals surface area contributed by atoms with Crippen LogP contribution in [0.1, 0.15) is 11.1 Å². The van der Waals surface area contributed by atoms with Crippen LogP contribution in [0.15, 0.2) is 36.4 Å². The number of hydrogen-bond donors (Lipinski definition) is 2. The van der Waals surface area contributed by atoms with Gasteiger partial charge in [-0.3, -0.25) is 4.90 Å². The Labute approximate surface area is 136 Å². The Bertz CT molecular complexity index is 708. The molecule has 23 heavy (non-hydrogen) atoms. The van der Waals surface area contributed by atoms with Crippen LogP contribution < -0.4 is 10.6 Å². The first-order chi connectivity index (χ1) is 11.2. The quantitative estimate of drug-likeness (QED) is 0.848. The average Bonchev–Trinajstić information content (AvgIpc) is 2.73. The zero-order chi connectivity index (χ0) is 15.8. The molecule has 1 unspecified atom stereocenters. The Hall–Kier alpha value is -1.91. The molecule has 1 saturated heterocycles. The Kier molecular flexibility index (Phi) is 3.79. The molecule has 1 atom stereocenters. The van der Waals surface area contributed by atoms with E-state index in [1.54, 1.807) is 12.1 Å². The van der Waals surface area contributed by atoms with Gasteiger partial charge in [0.2, 0.25) is 0 Å². The molecule has 0 aromatic heterocycles. The first-order valence-corrected chi connectivity index (χ1v) is 8.29. The number of anilines is 1. The molecule has 4 heteroatoms. The lowest BCUT2D eigenvalue weighted by atomic mass is 9.97. The summed E-state index contributed by atoms with van der Waals surface area (Å²) >= 11 is 0. The van der Waals surface area contributed by atoms with Gasteiger partial charge in [-0.25, -0.2) is 4.39 Å². The number of rotatable bonds is 1. The molecule has 0 aliphatic carbocycles. The summed E-state index contributed by atoms with van der Waals surface area (Å²) in [7, 11) is 0. The SMILES string of the molecule is Cc1cccc(F)c1-c1ccc2c(c1)CN1CCNCC1CN2. The van der Waals surface area contributed by atoms with Gasteiger partial charge in [0, 0.05) is 50.0 Å². The van der Waals surface area contributed by atoms with Crippen LogP contribution in [0.3, 0.4) is 0 Å². The van der Waals surface area contributed by atoms with E-state index in [4.69, 9.17) is 0 Å². The minimum absolute atomic E-state index is 0.147. The largest absolute Gasteiger partial charge is 0.383 e. The number of nitrogens with one attached hydrogen (secondary N) is 2. The predicted molar refractivity (Wildman–Crippen MR) is 92.1 cm³/mol. The average molecular weight is 311 g/mol. The molecule has 0 radical (unpaired) electrons. The number of piperazine rings is 1. The summed E-state index contributed by atoms with van der Waals surface area (Å²) in [5.74, 6) is -0.147. The van der Waals surface area contributed by atoms with Gasteiger partial charge in [-0.2, -0.15) is 0 Å². The Morgan fingerprint density at radius 2 is 2.09 bits per heavy atom. The van der Waals surface area contributed by atoms with E-state index in [-0.39, 0.29) is 5.82 Å². The van der Waals surface area contributed by atoms with Crippen LogP contribution >= 0.6 is 0 Å². The molecule has 0 bridgehead atoms. The second-order valence-corrected chi connectivity index (χ2v) is 6.51. The highest BCUT2D eigenvalue weighted by molar-refractivity contribution is 5.72. The van der Waals surface area contributed by atoms with Crippen LogP contribution in [0.25, 0.3) is 11.1 Å².